The zero-order valence-electron chi connectivity index (χ0n) is 9.10. The molecule has 0 spiro atoms. The summed E-state index contributed by atoms with van der Waals surface area (Å²) >= 11 is 9.79. The van der Waals surface area contributed by atoms with Gasteiger partial charge < -0.3 is 4.42 Å². The SMILES string of the molecule is Cc1c(Cl)c(C)c2nc(C3CC3)oc2c1Br. The van der Waals surface area contributed by atoms with Crippen molar-refractivity contribution in [2.75, 3.05) is 0 Å². The van der Waals surface area contributed by atoms with Crippen molar-refractivity contribution in [2.24, 2.45) is 0 Å². The van der Waals surface area contributed by atoms with Crippen molar-refractivity contribution in [1.29, 1.82) is 0 Å². The molecule has 16 heavy (non-hydrogen) atoms. The van der Waals surface area contributed by atoms with Crippen LogP contribution in [0.4, 0.5) is 0 Å². The number of aromatic nitrogens is 1. The number of hydrogen-bond acceptors (Lipinski definition) is 2. The summed E-state index contributed by atoms with van der Waals surface area (Å²) in [6.45, 7) is 3.97. The third kappa shape index (κ3) is 1.41. The maximum Gasteiger partial charge on any atom is 0.198 e. The van der Waals surface area contributed by atoms with E-state index in [1.165, 1.54) is 12.8 Å². The number of benzene rings is 1. The Morgan fingerprint density at radius 2 is 2.00 bits per heavy atom. The third-order valence-electron chi connectivity index (χ3n) is 3.11. The fourth-order valence-electron chi connectivity index (χ4n) is 1.90. The van der Waals surface area contributed by atoms with E-state index in [0.29, 0.717) is 5.92 Å². The molecule has 2 aromatic rings. The van der Waals surface area contributed by atoms with Crippen molar-refractivity contribution in [2.45, 2.75) is 32.6 Å². The average molecular weight is 301 g/mol. The van der Waals surface area contributed by atoms with Crippen LogP contribution in [0.1, 0.15) is 35.8 Å². The summed E-state index contributed by atoms with van der Waals surface area (Å²) in [5, 5.41) is 0.773. The van der Waals surface area contributed by atoms with Gasteiger partial charge in [-0.1, -0.05) is 11.6 Å². The zero-order chi connectivity index (χ0) is 11.4. The summed E-state index contributed by atoms with van der Waals surface area (Å²) in [5.41, 5.74) is 3.75. The predicted octanol–water partition coefficient (Wildman–Crippen LogP) is 4.74. The van der Waals surface area contributed by atoms with Crippen molar-refractivity contribution in [1.82, 2.24) is 4.98 Å². The van der Waals surface area contributed by atoms with E-state index in [2.05, 4.69) is 20.9 Å². The Morgan fingerprint density at radius 1 is 1.31 bits per heavy atom. The Morgan fingerprint density at radius 3 is 2.62 bits per heavy atom. The van der Waals surface area contributed by atoms with E-state index in [-0.39, 0.29) is 0 Å². The van der Waals surface area contributed by atoms with Crippen molar-refractivity contribution in [3.05, 3.63) is 26.5 Å². The largest absolute Gasteiger partial charge is 0.439 e. The zero-order valence-corrected chi connectivity index (χ0v) is 11.4. The molecule has 1 aliphatic rings. The van der Waals surface area contributed by atoms with Crippen LogP contribution in [0.5, 0.6) is 0 Å². The Hall–Kier alpha value is -0.540. The third-order valence-corrected chi connectivity index (χ3v) is 4.63. The second-order valence-corrected chi connectivity index (χ2v) is 5.55. The van der Waals surface area contributed by atoms with Gasteiger partial charge in [-0.2, -0.15) is 0 Å². The molecule has 3 rings (SSSR count). The monoisotopic (exact) mass is 299 g/mol. The minimum atomic E-state index is 0.526. The van der Waals surface area contributed by atoms with Crippen LogP contribution >= 0.6 is 27.5 Å². The molecule has 0 N–H and O–H groups in total. The molecule has 0 atom stereocenters. The molecule has 1 saturated carbocycles. The Bertz CT molecular complexity index is 541. The van der Waals surface area contributed by atoms with E-state index in [0.717, 1.165) is 37.6 Å². The number of fused-ring (bicyclic) bond motifs is 1. The van der Waals surface area contributed by atoms with Crippen LogP contribution in [0.3, 0.4) is 0 Å². The van der Waals surface area contributed by atoms with Gasteiger partial charge in [0.25, 0.3) is 0 Å². The molecule has 0 bridgehead atoms. The number of halogens is 2. The fraction of sp³-hybridized carbons (Fsp3) is 0.417. The van der Waals surface area contributed by atoms with Gasteiger partial charge in [0, 0.05) is 10.9 Å². The van der Waals surface area contributed by atoms with Crippen LogP contribution in [0.15, 0.2) is 8.89 Å². The number of rotatable bonds is 1. The minimum Gasteiger partial charge on any atom is -0.439 e. The summed E-state index contributed by atoms with van der Waals surface area (Å²) in [5.74, 6) is 1.39. The highest BCUT2D eigenvalue weighted by Crippen LogP contribution is 2.43. The molecular weight excluding hydrogens is 289 g/mol. The second-order valence-electron chi connectivity index (χ2n) is 4.38. The van der Waals surface area contributed by atoms with Gasteiger partial charge in [0.05, 0.1) is 4.47 Å². The van der Waals surface area contributed by atoms with Crippen molar-refractivity contribution in [3.8, 4) is 0 Å². The van der Waals surface area contributed by atoms with Crippen LogP contribution in [0.2, 0.25) is 5.02 Å². The maximum atomic E-state index is 6.25. The average Bonchev–Trinajstić information content (AvgIpc) is 3.03. The van der Waals surface area contributed by atoms with Crippen molar-refractivity contribution in [3.63, 3.8) is 0 Å². The normalized spacial score (nSPS) is 16.0. The lowest BCUT2D eigenvalue weighted by molar-refractivity contribution is 0.531. The van der Waals surface area contributed by atoms with Gasteiger partial charge in [0.15, 0.2) is 11.5 Å². The number of oxazole rings is 1. The highest BCUT2D eigenvalue weighted by atomic mass is 79.9. The fourth-order valence-corrected chi connectivity index (χ4v) is 2.66. The van der Waals surface area contributed by atoms with Gasteiger partial charge >= 0.3 is 0 Å². The number of hydrogen-bond donors (Lipinski definition) is 0. The molecule has 1 fully saturated rings. The molecule has 4 heteroatoms. The Labute approximate surface area is 107 Å². The molecule has 0 unspecified atom stereocenters. The summed E-state index contributed by atoms with van der Waals surface area (Å²) in [4.78, 5) is 4.56. The topological polar surface area (TPSA) is 26.0 Å². The highest BCUT2D eigenvalue weighted by molar-refractivity contribution is 9.10. The molecule has 0 radical (unpaired) electrons. The van der Waals surface area contributed by atoms with Crippen LogP contribution in [-0.2, 0) is 0 Å². The first-order valence-corrected chi connectivity index (χ1v) is 6.51. The quantitative estimate of drug-likeness (QED) is 0.760. The second kappa shape index (κ2) is 3.47. The summed E-state index contributed by atoms with van der Waals surface area (Å²) in [6.07, 6.45) is 2.38. The van der Waals surface area contributed by atoms with E-state index in [1.807, 2.05) is 13.8 Å². The minimum absolute atomic E-state index is 0.526. The van der Waals surface area contributed by atoms with Gasteiger partial charge in [0.1, 0.15) is 5.52 Å². The van der Waals surface area contributed by atoms with Crippen molar-refractivity contribution < 1.29 is 4.42 Å². The van der Waals surface area contributed by atoms with E-state index >= 15 is 0 Å². The lowest BCUT2D eigenvalue weighted by atomic mass is 10.1. The molecular formula is C12H11BrClNO. The summed E-state index contributed by atoms with van der Waals surface area (Å²) in [6, 6.07) is 0. The van der Waals surface area contributed by atoms with Crippen LogP contribution in [0.25, 0.3) is 11.1 Å². The van der Waals surface area contributed by atoms with Gasteiger partial charge in [-0.25, -0.2) is 4.98 Å². The van der Waals surface area contributed by atoms with Crippen LogP contribution in [-0.4, -0.2) is 4.98 Å². The lowest BCUT2D eigenvalue weighted by Gasteiger charge is -2.04. The van der Waals surface area contributed by atoms with E-state index < -0.39 is 0 Å². The van der Waals surface area contributed by atoms with E-state index in [4.69, 9.17) is 16.0 Å². The molecule has 1 heterocycles. The van der Waals surface area contributed by atoms with Gasteiger partial charge in [-0.05, 0) is 53.7 Å². The number of nitrogens with zero attached hydrogens (tertiary/aromatic N) is 1. The van der Waals surface area contributed by atoms with E-state index in [1.54, 1.807) is 0 Å². The Kier molecular flexibility index (Phi) is 2.30. The predicted molar refractivity (Wildman–Crippen MR) is 68.2 cm³/mol. The highest BCUT2D eigenvalue weighted by Gasteiger charge is 2.30. The molecule has 1 aliphatic carbocycles. The van der Waals surface area contributed by atoms with Crippen LogP contribution in [0, 0.1) is 13.8 Å². The summed E-state index contributed by atoms with van der Waals surface area (Å²) < 4.78 is 6.75. The first kappa shape index (κ1) is 10.6. The molecule has 84 valence electrons. The standard InChI is InChI=1S/C12H11BrClNO/c1-5-8(13)11-10(6(2)9(5)14)15-12(16-11)7-3-4-7/h7H,3-4H2,1-2H3. The molecule has 2 nitrogen and oxygen atoms in total. The molecule has 0 aliphatic heterocycles. The van der Waals surface area contributed by atoms with Gasteiger partial charge in [0.2, 0.25) is 0 Å². The molecule has 1 aromatic heterocycles. The smallest absolute Gasteiger partial charge is 0.198 e. The van der Waals surface area contributed by atoms with E-state index in [9.17, 15) is 0 Å². The molecule has 0 saturated heterocycles. The summed E-state index contributed by atoms with van der Waals surface area (Å²) in [7, 11) is 0. The lowest BCUT2D eigenvalue weighted by Crippen LogP contribution is -1.86. The van der Waals surface area contributed by atoms with Gasteiger partial charge in [-0.3, -0.25) is 0 Å². The number of aryl methyl sites for hydroxylation is 1. The Balaban J connectivity index is 2.36. The molecule has 1 aromatic carbocycles. The van der Waals surface area contributed by atoms with Crippen LogP contribution < -0.4 is 0 Å². The first-order chi connectivity index (χ1) is 7.59. The van der Waals surface area contributed by atoms with Crippen molar-refractivity contribution >= 4 is 38.6 Å². The molecule has 0 amide bonds. The van der Waals surface area contributed by atoms with Gasteiger partial charge in [-0.15, -0.1) is 0 Å². The first-order valence-electron chi connectivity index (χ1n) is 5.34. The maximum absolute atomic E-state index is 6.25.